The Bertz CT molecular complexity index is 437. The molecule has 3 atom stereocenters. The van der Waals surface area contributed by atoms with Crippen LogP contribution in [0.2, 0.25) is 0 Å². The number of hydrogen-bond donors (Lipinski definition) is 1. The smallest absolute Gasteiger partial charge is 0.226 e. The molecule has 0 spiro atoms. The van der Waals surface area contributed by atoms with Crippen LogP contribution in [0.4, 0.5) is 0 Å². The van der Waals surface area contributed by atoms with Crippen molar-refractivity contribution in [2.24, 2.45) is 11.7 Å². The van der Waals surface area contributed by atoms with E-state index in [2.05, 4.69) is 21.7 Å². The minimum Gasteiger partial charge on any atom is -0.335 e. The molecule has 20 heavy (non-hydrogen) atoms. The van der Waals surface area contributed by atoms with Gasteiger partial charge in [0.1, 0.15) is 0 Å². The van der Waals surface area contributed by atoms with Crippen molar-refractivity contribution in [3.8, 4) is 0 Å². The molecule has 1 aromatic heterocycles. The van der Waals surface area contributed by atoms with Gasteiger partial charge in [0.05, 0.1) is 6.04 Å². The second kappa shape index (κ2) is 6.92. The van der Waals surface area contributed by atoms with Crippen molar-refractivity contribution in [2.45, 2.75) is 50.6 Å². The molecule has 1 saturated heterocycles. The van der Waals surface area contributed by atoms with Crippen LogP contribution in [0.25, 0.3) is 0 Å². The maximum atomic E-state index is 12.7. The molecule has 2 N–H and O–H groups in total. The predicted molar refractivity (Wildman–Crippen MR) is 85.2 cm³/mol. The molecule has 0 bridgehead atoms. The Labute approximate surface area is 130 Å². The largest absolute Gasteiger partial charge is 0.335 e. The molecule has 1 aliphatic carbocycles. The summed E-state index contributed by atoms with van der Waals surface area (Å²) in [6.45, 7) is 0.922. The third-order valence-electron chi connectivity index (χ3n) is 4.53. The summed E-state index contributed by atoms with van der Waals surface area (Å²) in [5.41, 5.74) is 7.34. The Morgan fingerprint density at radius 3 is 2.85 bits per heavy atom. The summed E-state index contributed by atoms with van der Waals surface area (Å²) < 4.78 is 0. The van der Waals surface area contributed by atoms with Crippen molar-refractivity contribution in [2.75, 3.05) is 6.54 Å². The summed E-state index contributed by atoms with van der Waals surface area (Å²) in [5.74, 6) is 0.520. The van der Waals surface area contributed by atoms with E-state index in [1.165, 1.54) is 5.56 Å². The minimum atomic E-state index is 0. The van der Waals surface area contributed by atoms with Crippen LogP contribution in [-0.4, -0.2) is 23.4 Å². The van der Waals surface area contributed by atoms with Gasteiger partial charge in [-0.2, -0.15) is 11.3 Å². The zero-order valence-corrected chi connectivity index (χ0v) is 13.3. The molecule has 112 valence electrons. The maximum Gasteiger partial charge on any atom is 0.226 e. The molecule has 5 heteroatoms. The fourth-order valence-electron chi connectivity index (χ4n) is 3.53. The van der Waals surface area contributed by atoms with Crippen molar-refractivity contribution >= 4 is 29.7 Å². The number of likely N-dealkylation sites (tertiary alicyclic amines) is 1. The third kappa shape index (κ3) is 3.18. The van der Waals surface area contributed by atoms with E-state index in [4.69, 9.17) is 5.73 Å². The van der Waals surface area contributed by atoms with Crippen LogP contribution >= 0.6 is 23.7 Å². The highest BCUT2D eigenvalue weighted by molar-refractivity contribution is 7.07. The number of thiophene rings is 1. The summed E-state index contributed by atoms with van der Waals surface area (Å²) in [6.07, 6.45) is 6.34. The third-order valence-corrected chi connectivity index (χ3v) is 5.23. The van der Waals surface area contributed by atoms with Crippen LogP contribution in [0.1, 0.15) is 50.1 Å². The van der Waals surface area contributed by atoms with Gasteiger partial charge in [0, 0.05) is 18.5 Å². The van der Waals surface area contributed by atoms with E-state index < -0.39 is 0 Å². The molecule has 1 saturated carbocycles. The topological polar surface area (TPSA) is 46.3 Å². The van der Waals surface area contributed by atoms with E-state index in [0.29, 0.717) is 11.9 Å². The number of carbonyl (C=O) groups excluding carboxylic acids is 1. The van der Waals surface area contributed by atoms with Gasteiger partial charge >= 0.3 is 0 Å². The fourth-order valence-corrected chi connectivity index (χ4v) is 4.24. The first-order chi connectivity index (χ1) is 9.25. The number of rotatable bonds is 2. The number of nitrogens with two attached hydrogens (primary N) is 1. The lowest BCUT2D eigenvalue weighted by molar-refractivity contribution is -0.137. The second-order valence-electron chi connectivity index (χ2n) is 5.87. The van der Waals surface area contributed by atoms with Crippen molar-refractivity contribution in [3.63, 3.8) is 0 Å². The Kier molecular flexibility index (Phi) is 5.47. The van der Waals surface area contributed by atoms with Crippen molar-refractivity contribution in [1.29, 1.82) is 0 Å². The van der Waals surface area contributed by atoms with Crippen LogP contribution < -0.4 is 5.73 Å². The van der Waals surface area contributed by atoms with Gasteiger partial charge in [-0.15, -0.1) is 12.4 Å². The molecule has 0 aromatic carbocycles. The van der Waals surface area contributed by atoms with Gasteiger partial charge in [0.2, 0.25) is 5.91 Å². The van der Waals surface area contributed by atoms with Crippen LogP contribution in [0.15, 0.2) is 16.8 Å². The molecular weight excluding hydrogens is 292 g/mol. The van der Waals surface area contributed by atoms with Gasteiger partial charge in [-0.05, 0) is 54.5 Å². The van der Waals surface area contributed by atoms with E-state index in [-0.39, 0.29) is 24.4 Å². The Morgan fingerprint density at radius 1 is 1.30 bits per heavy atom. The normalized spacial score (nSPS) is 30.1. The molecule has 2 fully saturated rings. The Balaban J connectivity index is 0.00000147. The monoisotopic (exact) mass is 314 g/mol. The van der Waals surface area contributed by atoms with Crippen molar-refractivity contribution in [3.05, 3.63) is 22.4 Å². The van der Waals surface area contributed by atoms with Gasteiger partial charge < -0.3 is 10.6 Å². The lowest BCUT2D eigenvalue weighted by Gasteiger charge is -2.32. The molecule has 3 unspecified atom stereocenters. The zero-order chi connectivity index (χ0) is 13.2. The molecular formula is C15H23ClN2OS. The van der Waals surface area contributed by atoms with E-state index >= 15 is 0 Å². The van der Waals surface area contributed by atoms with Crippen molar-refractivity contribution < 1.29 is 4.79 Å². The molecule has 3 nitrogen and oxygen atoms in total. The quantitative estimate of drug-likeness (QED) is 0.910. The van der Waals surface area contributed by atoms with Crippen molar-refractivity contribution in [1.82, 2.24) is 4.90 Å². The first-order valence-corrected chi connectivity index (χ1v) is 8.28. The highest BCUT2D eigenvalue weighted by atomic mass is 35.5. The number of hydrogen-bond acceptors (Lipinski definition) is 3. The first-order valence-electron chi connectivity index (χ1n) is 7.34. The number of amides is 1. The first kappa shape index (κ1) is 15.8. The lowest BCUT2D eigenvalue weighted by Crippen LogP contribution is -2.40. The molecule has 1 amide bonds. The van der Waals surface area contributed by atoms with E-state index in [9.17, 15) is 4.79 Å². The van der Waals surface area contributed by atoms with Crippen LogP contribution in [0.5, 0.6) is 0 Å². The second-order valence-corrected chi connectivity index (χ2v) is 6.65. The molecule has 1 aliphatic heterocycles. The number of halogens is 1. The predicted octanol–water partition coefficient (Wildman–Crippen LogP) is 3.35. The standard InChI is InChI=1S/C15H22N2OS.ClH/c16-13-4-1-3-11(9-13)15(18)17-7-2-5-14(17)12-6-8-19-10-12;/h6,8,10-11,13-14H,1-5,7,9,16H2;1H. The summed E-state index contributed by atoms with van der Waals surface area (Å²) in [5, 5.41) is 4.29. The fraction of sp³-hybridized carbons (Fsp3) is 0.667. The molecule has 2 aliphatic rings. The highest BCUT2D eigenvalue weighted by Crippen LogP contribution is 2.36. The highest BCUT2D eigenvalue weighted by Gasteiger charge is 2.35. The maximum absolute atomic E-state index is 12.7. The average molecular weight is 315 g/mol. The van der Waals surface area contributed by atoms with E-state index in [1.807, 2.05) is 0 Å². The van der Waals surface area contributed by atoms with E-state index in [0.717, 1.165) is 45.1 Å². The molecule has 0 radical (unpaired) electrons. The molecule has 3 rings (SSSR count). The number of nitrogens with zero attached hydrogens (tertiary/aromatic N) is 1. The van der Waals surface area contributed by atoms with Crippen LogP contribution in [0, 0.1) is 5.92 Å². The van der Waals surface area contributed by atoms with Crippen LogP contribution in [0.3, 0.4) is 0 Å². The van der Waals surface area contributed by atoms with Gasteiger partial charge in [-0.1, -0.05) is 6.42 Å². The SMILES string of the molecule is Cl.NC1CCCC(C(=O)N2CCCC2c2ccsc2)C1. The Hall–Kier alpha value is -0.580. The zero-order valence-electron chi connectivity index (χ0n) is 11.7. The van der Waals surface area contributed by atoms with Gasteiger partial charge in [0.15, 0.2) is 0 Å². The summed E-state index contributed by atoms with van der Waals surface area (Å²) in [4.78, 5) is 14.8. The number of carbonyl (C=O) groups is 1. The average Bonchev–Trinajstić information content (AvgIpc) is 3.08. The Morgan fingerprint density at radius 2 is 2.15 bits per heavy atom. The lowest BCUT2D eigenvalue weighted by atomic mass is 9.85. The summed E-state index contributed by atoms with van der Waals surface area (Å²) in [7, 11) is 0. The van der Waals surface area contributed by atoms with Gasteiger partial charge in [-0.3, -0.25) is 4.79 Å². The summed E-state index contributed by atoms with van der Waals surface area (Å²) in [6, 6.07) is 2.70. The van der Waals surface area contributed by atoms with E-state index in [1.54, 1.807) is 11.3 Å². The molecule has 1 aromatic rings. The minimum absolute atomic E-state index is 0. The van der Waals surface area contributed by atoms with Gasteiger partial charge in [-0.25, -0.2) is 0 Å². The summed E-state index contributed by atoms with van der Waals surface area (Å²) >= 11 is 1.72. The van der Waals surface area contributed by atoms with Crippen LogP contribution in [-0.2, 0) is 4.79 Å². The molecule has 2 heterocycles. The van der Waals surface area contributed by atoms with Gasteiger partial charge in [0.25, 0.3) is 0 Å².